The third-order valence-electron chi connectivity index (χ3n) is 2.60. The Kier molecular flexibility index (Phi) is 2.97. The van der Waals surface area contributed by atoms with Gasteiger partial charge in [0.2, 0.25) is 6.04 Å². The molecular weight excluding hydrogens is 194 g/mol. The Bertz CT molecular complexity index is 339. The van der Waals surface area contributed by atoms with Gasteiger partial charge < -0.3 is 4.74 Å². The van der Waals surface area contributed by atoms with Gasteiger partial charge in [-0.1, -0.05) is 30.3 Å². The van der Waals surface area contributed by atoms with E-state index < -0.39 is 0 Å². The molecule has 1 saturated carbocycles. The molecule has 4 nitrogen and oxygen atoms in total. The van der Waals surface area contributed by atoms with Gasteiger partial charge in [0.25, 0.3) is 0 Å². The maximum absolute atomic E-state index is 10.4. The van der Waals surface area contributed by atoms with Gasteiger partial charge in [0, 0.05) is 11.3 Å². The van der Waals surface area contributed by atoms with E-state index in [9.17, 15) is 10.1 Å². The van der Waals surface area contributed by atoms with Crippen LogP contribution < -0.4 is 0 Å². The molecule has 0 heterocycles. The SMILES string of the molecule is O=[N+]([O-])C1CC1COCc1ccccc1. The molecule has 15 heavy (non-hydrogen) atoms. The number of benzene rings is 1. The van der Waals surface area contributed by atoms with E-state index in [0.29, 0.717) is 19.6 Å². The lowest BCUT2D eigenvalue weighted by Crippen LogP contribution is -2.07. The Hall–Kier alpha value is -1.42. The largest absolute Gasteiger partial charge is 0.376 e. The van der Waals surface area contributed by atoms with Crippen molar-refractivity contribution >= 4 is 0 Å². The van der Waals surface area contributed by atoms with Crippen LogP contribution in [0, 0.1) is 16.0 Å². The van der Waals surface area contributed by atoms with Crippen molar-refractivity contribution in [2.24, 2.45) is 5.92 Å². The van der Waals surface area contributed by atoms with Crippen LogP contribution in [0.2, 0.25) is 0 Å². The number of nitrogens with zero attached hydrogens (tertiary/aromatic N) is 1. The standard InChI is InChI=1S/C11H13NO3/c13-12(14)11-6-10(11)8-15-7-9-4-2-1-3-5-9/h1-5,10-11H,6-8H2. The van der Waals surface area contributed by atoms with E-state index in [0.717, 1.165) is 5.56 Å². The highest BCUT2D eigenvalue weighted by atomic mass is 16.6. The van der Waals surface area contributed by atoms with Crippen LogP contribution in [0.5, 0.6) is 0 Å². The van der Waals surface area contributed by atoms with E-state index >= 15 is 0 Å². The molecule has 0 amide bonds. The molecule has 2 rings (SSSR count). The molecule has 0 N–H and O–H groups in total. The fourth-order valence-corrected chi connectivity index (χ4v) is 1.57. The minimum absolute atomic E-state index is 0.128. The fourth-order valence-electron chi connectivity index (χ4n) is 1.57. The van der Waals surface area contributed by atoms with Gasteiger partial charge in [0.15, 0.2) is 0 Å². The fraction of sp³-hybridized carbons (Fsp3) is 0.455. The third-order valence-corrected chi connectivity index (χ3v) is 2.60. The Balaban J connectivity index is 1.67. The lowest BCUT2D eigenvalue weighted by Gasteiger charge is -2.02. The van der Waals surface area contributed by atoms with E-state index in [1.54, 1.807) is 0 Å². The van der Waals surface area contributed by atoms with Crippen LogP contribution >= 0.6 is 0 Å². The molecule has 80 valence electrons. The van der Waals surface area contributed by atoms with Gasteiger partial charge in [0.1, 0.15) is 0 Å². The Labute approximate surface area is 88.0 Å². The number of rotatable bonds is 5. The minimum atomic E-state index is -0.360. The van der Waals surface area contributed by atoms with Gasteiger partial charge in [-0.2, -0.15) is 0 Å². The molecule has 4 heteroatoms. The molecule has 0 aliphatic heterocycles. The van der Waals surface area contributed by atoms with Crippen molar-refractivity contribution in [2.45, 2.75) is 19.1 Å². The summed E-state index contributed by atoms with van der Waals surface area (Å²) in [5.41, 5.74) is 1.11. The van der Waals surface area contributed by atoms with Gasteiger partial charge in [-0.05, 0) is 5.56 Å². The second-order valence-corrected chi connectivity index (χ2v) is 3.85. The average Bonchev–Trinajstić information content (AvgIpc) is 2.99. The average molecular weight is 207 g/mol. The van der Waals surface area contributed by atoms with Crippen LogP contribution in [0.4, 0.5) is 0 Å². The minimum Gasteiger partial charge on any atom is -0.376 e. The van der Waals surface area contributed by atoms with Crippen LogP contribution in [-0.2, 0) is 11.3 Å². The lowest BCUT2D eigenvalue weighted by atomic mass is 10.2. The Morgan fingerprint density at radius 1 is 1.40 bits per heavy atom. The molecule has 0 aromatic heterocycles. The van der Waals surface area contributed by atoms with Crippen molar-refractivity contribution in [1.82, 2.24) is 0 Å². The quantitative estimate of drug-likeness (QED) is 0.547. The molecule has 1 aromatic rings. The number of hydrogen-bond donors (Lipinski definition) is 0. The predicted molar refractivity (Wildman–Crippen MR) is 55.0 cm³/mol. The molecule has 1 fully saturated rings. The normalized spacial score (nSPS) is 23.7. The molecular formula is C11H13NO3. The molecule has 0 saturated heterocycles. The van der Waals surface area contributed by atoms with Crippen molar-refractivity contribution in [3.05, 3.63) is 46.0 Å². The summed E-state index contributed by atoms with van der Waals surface area (Å²) >= 11 is 0. The highest BCUT2D eigenvalue weighted by Crippen LogP contribution is 2.33. The molecule has 1 aromatic carbocycles. The summed E-state index contributed by atoms with van der Waals surface area (Å²) in [6.45, 7) is 1.04. The molecule has 1 aliphatic rings. The van der Waals surface area contributed by atoms with Gasteiger partial charge in [-0.3, -0.25) is 10.1 Å². The first kappa shape index (κ1) is 10.1. The van der Waals surface area contributed by atoms with Crippen molar-refractivity contribution < 1.29 is 9.66 Å². The van der Waals surface area contributed by atoms with Gasteiger partial charge in [0.05, 0.1) is 19.1 Å². The highest BCUT2D eigenvalue weighted by molar-refractivity contribution is 5.13. The molecule has 2 atom stereocenters. The second kappa shape index (κ2) is 4.40. The first-order valence-electron chi connectivity index (χ1n) is 5.02. The van der Waals surface area contributed by atoms with Crippen LogP contribution in [0.25, 0.3) is 0 Å². The first-order chi connectivity index (χ1) is 7.27. The maximum atomic E-state index is 10.4. The number of ether oxygens (including phenoxy) is 1. The maximum Gasteiger partial charge on any atom is 0.219 e. The summed E-state index contributed by atoms with van der Waals surface area (Å²) in [6.07, 6.45) is 0.668. The smallest absolute Gasteiger partial charge is 0.219 e. The van der Waals surface area contributed by atoms with E-state index in [-0.39, 0.29) is 16.9 Å². The van der Waals surface area contributed by atoms with Gasteiger partial charge in [-0.25, -0.2) is 0 Å². The summed E-state index contributed by atoms with van der Waals surface area (Å²) in [4.78, 5) is 10.1. The van der Waals surface area contributed by atoms with Crippen molar-refractivity contribution in [3.63, 3.8) is 0 Å². The van der Waals surface area contributed by atoms with Crippen molar-refractivity contribution in [1.29, 1.82) is 0 Å². The van der Waals surface area contributed by atoms with Crippen LogP contribution in [0.3, 0.4) is 0 Å². The summed E-state index contributed by atoms with van der Waals surface area (Å²) in [5.74, 6) is 0.128. The van der Waals surface area contributed by atoms with E-state index in [2.05, 4.69) is 0 Å². The summed E-state index contributed by atoms with van der Waals surface area (Å²) in [7, 11) is 0. The number of hydrogen-bond acceptors (Lipinski definition) is 3. The van der Waals surface area contributed by atoms with Crippen LogP contribution in [-0.4, -0.2) is 17.6 Å². The zero-order valence-corrected chi connectivity index (χ0v) is 8.33. The molecule has 2 unspecified atom stereocenters. The highest BCUT2D eigenvalue weighted by Gasteiger charge is 2.48. The topological polar surface area (TPSA) is 52.4 Å². The zero-order chi connectivity index (χ0) is 10.7. The van der Waals surface area contributed by atoms with E-state index in [4.69, 9.17) is 4.74 Å². The van der Waals surface area contributed by atoms with Crippen molar-refractivity contribution in [3.8, 4) is 0 Å². The first-order valence-corrected chi connectivity index (χ1v) is 5.02. The second-order valence-electron chi connectivity index (χ2n) is 3.85. The van der Waals surface area contributed by atoms with Crippen molar-refractivity contribution in [2.75, 3.05) is 6.61 Å². The monoisotopic (exact) mass is 207 g/mol. The third kappa shape index (κ3) is 2.76. The van der Waals surface area contributed by atoms with E-state index in [1.165, 1.54) is 0 Å². The Morgan fingerprint density at radius 3 is 2.73 bits per heavy atom. The molecule has 0 bridgehead atoms. The predicted octanol–water partition coefficient (Wildman–Crippen LogP) is 1.87. The van der Waals surface area contributed by atoms with Crippen LogP contribution in [0.15, 0.2) is 30.3 Å². The summed E-state index contributed by atoms with van der Waals surface area (Å²) in [5, 5.41) is 10.4. The lowest BCUT2D eigenvalue weighted by molar-refractivity contribution is -0.498. The van der Waals surface area contributed by atoms with Gasteiger partial charge >= 0.3 is 0 Å². The van der Waals surface area contributed by atoms with Crippen LogP contribution in [0.1, 0.15) is 12.0 Å². The molecule has 0 spiro atoms. The molecule has 1 aliphatic carbocycles. The zero-order valence-electron chi connectivity index (χ0n) is 8.33. The van der Waals surface area contributed by atoms with Gasteiger partial charge in [-0.15, -0.1) is 0 Å². The van der Waals surface area contributed by atoms with E-state index in [1.807, 2.05) is 30.3 Å². The Morgan fingerprint density at radius 2 is 2.13 bits per heavy atom. The summed E-state index contributed by atoms with van der Waals surface area (Å²) < 4.78 is 5.42. The summed E-state index contributed by atoms with van der Waals surface area (Å²) in [6, 6.07) is 9.47. The molecule has 0 radical (unpaired) electrons. The number of nitro groups is 1.